The van der Waals surface area contributed by atoms with Crippen molar-refractivity contribution in [2.75, 3.05) is 7.11 Å². The molecule has 0 saturated carbocycles. The number of rotatable bonds is 5. The van der Waals surface area contributed by atoms with Crippen LogP contribution in [-0.2, 0) is 4.74 Å². The summed E-state index contributed by atoms with van der Waals surface area (Å²) in [5.41, 5.74) is 2.66. The molecule has 2 atom stereocenters. The Bertz CT molecular complexity index is 372. The Kier molecular flexibility index (Phi) is 4.99. The molecule has 0 radical (unpaired) electrons. The Morgan fingerprint density at radius 1 is 1.29 bits per heavy atom. The highest BCUT2D eigenvalue weighted by Gasteiger charge is 2.28. The van der Waals surface area contributed by atoms with Gasteiger partial charge in [-0.1, -0.05) is 26.0 Å². The van der Waals surface area contributed by atoms with E-state index >= 15 is 0 Å². The molecule has 0 aliphatic carbocycles. The van der Waals surface area contributed by atoms with Gasteiger partial charge in [0.1, 0.15) is 0 Å². The number of halogens is 2. The summed E-state index contributed by atoms with van der Waals surface area (Å²) in [4.78, 5) is 0. The van der Waals surface area contributed by atoms with Crippen molar-refractivity contribution in [1.29, 1.82) is 0 Å². The van der Waals surface area contributed by atoms with Crippen molar-refractivity contribution in [3.63, 3.8) is 0 Å². The topological polar surface area (TPSA) is 47.3 Å². The predicted octanol–water partition coefficient (Wildman–Crippen LogP) is 2.14. The van der Waals surface area contributed by atoms with Crippen molar-refractivity contribution in [3.05, 3.63) is 35.4 Å². The van der Waals surface area contributed by atoms with Gasteiger partial charge in [0.25, 0.3) is 0 Å². The molecule has 3 nitrogen and oxygen atoms in total. The number of hydrogen-bond acceptors (Lipinski definition) is 3. The van der Waals surface area contributed by atoms with Gasteiger partial charge in [-0.2, -0.15) is 0 Å². The molecule has 96 valence electrons. The van der Waals surface area contributed by atoms with Gasteiger partial charge in [-0.3, -0.25) is 11.3 Å². The van der Waals surface area contributed by atoms with E-state index in [1.165, 1.54) is 19.2 Å². The minimum Gasteiger partial charge on any atom is -0.379 e. The van der Waals surface area contributed by atoms with Crippen molar-refractivity contribution >= 4 is 0 Å². The number of hydrogen-bond donors (Lipinski definition) is 2. The van der Waals surface area contributed by atoms with Crippen LogP contribution in [0, 0.1) is 17.6 Å². The van der Waals surface area contributed by atoms with Gasteiger partial charge in [0.2, 0.25) is 0 Å². The van der Waals surface area contributed by atoms with E-state index in [0.29, 0.717) is 0 Å². The van der Waals surface area contributed by atoms with E-state index in [2.05, 4.69) is 5.43 Å². The molecular formula is C12H18F2N2O. The normalized spacial score (nSPS) is 15.0. The van der Waals surface area contributed by atoms with Gasteiger partial charge in [0, 0.05) is 12.7 Å². The molecule has 0 aromatic heterocycles. The average molecular weight is 244 g/mol. The lowest BCUT2D eigenvalue weighted by atomic mass is 9.93. The van der Waals surface area contributed by atoms with E-state index in [1.807, 2.05) is 13.8 Å². The maximum atomic E-state index is 13.7. The summed E-state index contributed by atoms with van der Waals surface area (Å²) in [6.07, 6.45) is -0.337. The van der Waals surface area contributed by atoms with Gasteiger partial charge in [-0.15, -0.1) is 0 Å². The van der Waals surface area contributed by atoms with Gasteiger partial charge >= 0.3 is 0 Å². The highest BCUT2D eigenvalue weighted by molar-refractivity contribution is 5.23. The smallest absolute Gasteiger partial charge is 0.163 e. The quantitative estimate of drug-likeness (QED) is 0.616. The van der Waals surface area contributed by atoms with Crippen molar-refractivity contribution in [1.82, 2.24) is 5.43 Å². The molecule has 5 heteroatoms. The second-order valence-corrected chi connectivity index (χ2v) is 4.23. The monoisotopic (exact) mass is 244 g/mol. The first-order valence-electron chi connectivity index (χ1n) is 5.45. The van der Waals surface area contributed by atoms with Crippen LogP contribution >= 0.6 is 0 Å². The number of ether oxygens (including phenoxy) is 1. The maximum Gasteiger partial charge on any atom is 0.163 e. The van der Waals surface area contributed by atoms with Crippen LogP contribution in [0.1, 0.15) is 25.5 Å². The lowest BCUT2D eigenvalue weighted by molar-refractivity contribution is 0.0314. The van der Waals surface area contributed by atoms with Crippen LogP contribution in [-0.4, -0.2) is 13.2 Å². The number of nitrogens with one attached hydrogen (secondary N) is 1. The van der Waals surface area contributed by atoms with E-state index in [0.717, 1.165) is 6.07 Å². The summed E-state index contributed by atoms with van der Waals surface area (Å²) in [7, 11) is 1.52. The van der Waals surface area contributed by atoms with Crippen molar-refractivity contribution in [3.8, 4) is 0 Å². The van der Waals surface area contributed by atoms with Gasteiger partial charge in [-0.05, 0) is 12.0 Å². The third kappa shape index (κ3) is 3.00. The summed E-state index contributed by atoms with van der Waals surface area (Å²) in [5, 5.41) is 0. The standard InChI is InChI=1S/C12H18F2N2O/c1-7(2)12(17-3)11(16-15)8-5-4-6-9(13)10(8)14/h4-7,11-12,16H,15H2,1-3H3. The largest absolute Gasteiger partial charge is 0.379 e. The fraction of sp³-hybridized carbons (Fsp3) is 0.500. The maximum absolute atomic E-state index is 13.7. The van der Waals surface area contributed by atoms with Gasteiger partial charge in [-0.25, -0.2) is 8.78 Å². The molecule has 1 rings (SSSR count). The first-order valence-corrected chi connectivity index (χ1v) is 5.45. The van der Waals surface area contributed by atoms with Crippen LogP contribution in [0.3, 0.4) is 0 Å². The zero-order valence-corrected chi connectivity index (χ0v) is 10.2. The van der Waals surface area contributed by atoms with E-state index < -0.39 is 17.7 Å². The second-order valence-electron chi connectivity index (χ2n) is 4.23. The summed E-state index contributed by atoms with van der Waals surface area (Å²) in [6, 6.07) is 3.43. The molecule has 3 N–H and O–H groups in total. The molecule has 0 aliphatic rings. The van der Waals surface area contributed by atoms with Crippen molar-refractivity contribution in [2.24, 2.45) is 11.8 Å². The zero-order chi connectivity index (χ0) is 13.0. The second kappa shape index (κ2) is 6.05. The first kappa shape index (κ1) is 14.0. The molecule has 1 aromatic carbocycles. The van der Waals surface area contributed by atoms with Gasteiger partial charge in [0.15, 0.2) is 11.6 Å². The third-order valence-electron chi connectivity index (χ3n) is 2.75. The van der Waals surface area contributed by atoms with Gasteiger partial charge in [0.05, 0.1) is 12.1 Å². The fourth-order valence-electron chi connectivity index (χ4n) is 1.92. The number of hydrazine groups is 1. The Hall–Kier alpha value is -1.04. The Morgan fingerprint density at radius 2 is 1.94 bits per heavy atom. The van der Waals surface area contributed by atoms with E-state index in [1.54, 1.807) is 0 Å². The van der Waals surface area contributed by atoms with Crippen LogP contribution in [0.15, 0.2) is 18.2 Å². The molecule has 0 aliphatic heterocycles. The average Bonchev–Trinajstić information content (AvgIpc) is 2.29. The summed E-state index contributed by atoms with van der Waals surface area (Å²) in [5.74, 6) is 3.76. The molecule has 0 heterocycles. The molecule has 0 fully saturated rings. The van der Waals surface area contributed by atoms with Crippen LogP contribution < -0.4 is 11.3 Å². The molecule has 0 saturated heterocycles. The molecule has 0 amide bonds. The van der Waals surface area contributed by atoms with E-state index in [4.69, 9.17) is 10.6 Å². The third-order valence-corrected chi connectivity index (χ3v) is 2.75. The SMILES string of the molecule is COC(C(C)C)C(NN)c1cccc(F)c1F. The van der Waals surface area contributed by atoms with E-state index in [9.17, 15) is 8.78 Å². The molecule has 1 aromatic rings. The Labute approximate surface area is 99.9 Å². The molecule has 2 unspecified atom stereocenters. The minimum atomic E-state index is -0.891. The highest BCUT2D eigenvalue weighted by atomic mass is 19.2. The zero-order valence-electron chi connectivity index (χ0n) is 10.2. The summed E-state index contributed by atoms with van der Waals surface area (Å²) >= 11 is 0. The van der Waals surface area contributed by atoms with Gasteiger partial charge < -0.3 is 4.74 Å². The molecule has 0 spiro atoms. The fourth-order valence-corrected chi connectivity index (χ4v) is 1.92. The van der Waals surface area contributed by atoms with E-state index in [-0.39, 0.29) is 17.6 Å². The van der Waals surface area contributed by atoms with Crippen molar-refractivity contribution in [2.45, 2.75) is 26.0 Å². The molecule has 0 bridgehead atoms. The molecule has 17 heavy (non-hydrogen) atoms. The lowest BCUT2D eigenvalue weighted by Crippen LogP contribution is -2.40. The minimum absolute atomic E-state index is 0.115. The Morgan fingerprint density at radius 3 is 2.41 bits per heavy atom. The number of benzene rings is 1. The number of methoxy groups -OCH3 is 1. The predicted molar refractivity (Wildman–Crippen MR) is 62.1 cm³/mol. The van der Waals surface area contributed by atoms with Crippen LogP contribution in [0.25, 0.3) is 0 Å². The summed E-state index contributed by atoms with van der Waals surface area (Å²) in [6.45, 7) is 3.85. The van der Waals surface area contributed by atoms with Crippen LogP contribution in [0.4, 0.5) is 8.78 Å². The molecular weight excluding hydrogens is 226 g/mol. The number of nitrogens with two attached hydrogens (primary N) is 1. The van der Waals surface area contributed by atoms with Crippen molar-refractivity contribution < 1.29 is 13.5 Å². The highest BCUT2D eigenvalue weighted by Crippen LogP contribution is 2.26. The first-order chi connectivity index (χ1) is 8.02. The lowest BCUT2D eigenvalue weighted by Gasteiger charge is -2.29. The Balaban J connectivity index is 3.12. The van der Waals surface area contributed by atoms with Crippen LogP contribution in [0.5, 0.6) is 0 Å². The van der Waals surface area contributed by atoms with Crippen LogP contribution in [0.2, 0.25) is 0 Å². The summed E-state index contributed by atoms with van der Waals surface area (Å²) < 4.78 is 32.1.